The molecule has 0 saturated carbocycles. The van der Waals surface area contributed by atoms with Crippen LogP contribution in [0.1, 0.15) is 37.6 Å². The predicted octanol–water partition coefficient (Wildman–Crippen LogP) is 3.79. The number of ether oxygens (including phenoxy) is 1. The van der Waals surface area contributed by atoms with Crippen LogP contribution in [0.2, 0.25) is 10.0 Å². The second-order valence-corrected chi connectivity index (χ2v) is 5.06. The summed E-state index contributed by atoms with van der Waals surface area (Å²) in [7, 11) is 0. The van der Waals surface area contributed by atoms with Crippen LogP contribution in [0.25, 0.3) is 0 Å². The SMILES string of the molecule is CCCC(O)c1noc(COc2ccc(Cl)cc2Cl)n1. The average molecular weight is 317 g/mol. The molecule has 5 nitrogen and oxygen atoms in total. The Morgan fingerprint density at radius 3 is 2.90 bits per heavy atom. The summed E-state index contributed by atoms with van der Waals surface area (Å²) < 4.78 is 10.5. The summed E-state index contributed by atoms with van der Waals surface area (Å²) in [6.07, 6.45) is 0.710. The van der Waals surface area contributed by atoms with Crippen LogP contribution in [-0.4, -0.2) is 15.2 Å². The molecule has 1 N–H and O–H groups in total. The van der Waals surface area contributed by atoms with E-state index in [0.717, 1.165) is 6.42 Å². The third-order valence-corrected chi connectivity index (χ3v) is 3.12. The number of aliphatic hydroxyl groups excluding tert-OH is 1. The monoisotopic (exact) mass is 316 g/mol. The lowest BCUT2D eigenvalue weighted by Gasteiger charge is -2.05. The van der Waals surface area contributed by atoms with E-state index >= 15 is 0 Å². The predicted molar refractivity (Wildman–Crippen MR) is 75.0 cm³/mol. The van der Waals surface area contributed by atoms with Crippen molar-refractivity contribution in [3.63, 3.8) is 0 Å². The average Bonchev–Trinajstić information content (AvgIpc) is 2.87. The fourth-order valence-electron chi connectivity index (χ4n) is 1.60. The second-order valence-electron chi connectivity index (χ2n) is 4.21. The molecule has 2 rings (SSSR count). The molecular formula is C13H14Cl2N2O3. The molecular weight excluding hydrogens is 303 g/mol. The molecule has 108 valence electrons. The zero-order chi connectivity index (χ0) is 14.5. The molecule has 1 heterocycles. The van der Waals surface area contributed by atoms with Crippen LogP contribution in [0.15, 0.2) is 22.7 Å². The van der Waals surface area contributed by atoms with Crippen molar-refractivity contribution in [3.05, 3.63) is 40.0 Å². The summed E-state index contributed by atoms with van der Waals surface area (Å²) in [5.41, 5.74) is 0. The maximum Gasteiger partial charge on any atom is 0.264 e. The molecule has 2 aromatic rings. The zero-order valence-corrected chi connectivity index (χ0v) is 12.4. The Morgan fingerprint density at radius 2 is 2.20 bits per heavy atom. The highest BCUT2D eigenvalue weighted by Crippen LogP contribution is 2.28. The molecule has 0 spiro atoms. The molecule has 1 unspecified atom stereocenters. The van der Waals surface area contributed by atoms with Crippen LogP contribution in [0.5, 0.6) is 5.75 Å². The summed E-state index contributed by atoms with van der Waals surface area (Å²) in [5, 5.41) is 14.4. The van der Waals surface area contributed by atoms with E-state index < -0.39 is 6.10 Å². The van der Waals surface area contributed by atoms with E-state index in [9.17, 15) is 5.11 Å². The molecule has 1 atom stereocenters. The minimum absolute atomic E-state index is 0.0766. The molecule has 0 radical (unpaired) electrons. The molecule has 0 aliphatic carbocycles. The summed E-state index contributed by atoms with van der Waals surface area (Å²) in [4.78, 5) is 4.07. The molecule has 0 bridgehead atoms. The van der Waals surface area contributed by atoms with Gasteiger partial charge in [0, 0.05) is 5.02 Å². The standard InChI is InChI=1S/C13H14Cl2N2O3/c1-2-3-10(18)13-16-12(20-17-13)7-19-11-5-4-8(14)6-9(11)15/h4-6,10,18H,2-3,7H2,1H3. The highest BCUT2D eigenvalue weighted by atomic mass is 35.5. The van der Waals surface area contributed by atoms with E-state index in [1.54, 1.807) is 18.2 Å². The van der Waals surface area contributed by atoms with Crippen molar-refractivity contribution in [2.75, 3.05) is 0 Å². The first kappa shape index (κ1) is 15.1. The Labute approximate surface area is 126 Å². The summed E-state index contributed by atoms with van der Waals surface area (Å²) >= 11 is 11.8. The van der Waals surface area contributed by atoms with Gasteiger partial charge in [-0.25, -0.2) is 0 Å². The Balaban J connectivity index is 1.97. The van der Waals surface area contributed by atoms with Crippen molar-refractivity contribution < 1.29 is 14.4 Å². The van der Waals surface area contributed by atoms with Gasteiger partial charge in [-0.15, -0.1) is 0 Å². The molecule has 0 amide bonds. The third kappa shape index (κ3) is 3.85. The fraction of sp³-hybridized carbons (Fsp3) is 0.385. The van der Waals surface area contributed by atoms with Gasteiger partial charge in [0.15, 0.2) is 12.4 Å². The maximum absolute atomic E-state index is 9.73. The lowest BCUT2D eigenvalue weighted by Crippen LogP contribution is -2.00. The highest BCUT2D eigenvalue weighted by Gasteiger charge is 2.15. The lowest BCUT2D eigenvalue weighted by molar-refractivity contribution is 0.152. The fourth-order valence-corrected chi connectivity index (χ4v) is 2.06. The first-order chi connectivity index (χ1) is 9.60. The molecule has 7 heteroatoms. The number of hydrogen-bond donors (Lipinski definition) is 1. The largest absolute Gasteiger partial charge is 0.482 e. The quantitative estimate of drug-likeness (QED) is 0.878. The number of aliphatic hydroxyl groups is 1. The van der Waals surface area contributed by atoms with Gasteiger partial charge in [0.05, 0.1) is 5.02 Å². The van der Waals surface area contributed by atoms with Gasteiger partial charge in [-0.2, -0.15) is 4.98 Å². The number of benzene rings is 1. The highest BCUT2D eigenvalue weighted by molar-refractivity contribution is 6.35. The number of rotatable bonds is 6. The molecule has 1 aromatic carbocycles. The third-order valence-electron chi connectivity index (χ3n) is 2.59. The molecule has 0 aliphatic heterocycles. The van der Waals surface area contributed by atoms with Crippen LogP contribution in [0, 0.1) is 0 Å². The van der Waals surface area contributed by atoms with Crippen LogP contribution in [0.4, 0.5) is 0 Å². The smallest absolute Gasteiger partial charge is 0.264 e. The second kappa shape index (κ2) is 6.92. The van der Waals surface area contributed by atoms with Gasteiger partial charge in [0.1, 0.15) is 11.9 Å². The number of hydrogen-bond acceptors (Lipinski definition) is 5. The van der Waals surface area contributed by atoms with Crippen LogP contribution < -0.4 is 4.74 Å². The Hall–Kier alpha value is -1.30. The van der Waals surface area contributed by atoms with Crippen LogP contribution in [-0.2, 0) is 6.61 Å². The van der Waals surface area contributed by atoms with E-state index in [2.05, 4.69) is 10.1 Å². The molecule has 1 aromatic heterocycles. The van der Waals surface area contributed by atoms with Gasteiger partial charge in [-0.05, 0) is 24.6 Å². The minimum Gasteiger partial charge on any atom is -0.482 e. The summed E-state index contributed by atoms with van der Waals surface area (Å²) in [6.45, 7) is 2.04. The number of halogens is 2. The Morgan fingerprint density at radius 1 is 1.40 bits per heavy atom. The topological polar surface area (TPSA) is 68.4 Å². The molecule has 0 fully saturated rings. The normalized spacial score (nSPS) is 12.4. The number of nitrogens with zero attached hydrogens (tertiary/aromatic N) is 2. The lowest BCUT2D eigenvalue weighted by atomic mass is 10.2. The molecule has 0 saturated heterocycles. The first-order valence-corrected chi connectivity index (χ1v) is 6.94. The van der Waals surface area contributed by atoms with Gasteiger partial charge >= 0.3 is 0 Å². The van der Waals surface area contributed by atoms with E-state index in [1.165, 1.54) is 0 Å². The van der Waals surface area contributed by atoms with E-state index in [4.69, 9.17) is 32.5 Å². The molecule has 0 aliphatic rings. The van der Waals surface area contributed by atoms with Crippen LogP contribution >= 0.6 is 23.2 Å². The minimum atomic E-state index is -0.711. The number of aromatic nitrogens is 2. The van der Waals surface area contributed by atoms with Gasteiger partial charge < -0.3 is 14.4 Å². The van der Waals surface area contributed by atoms with Gasteiger partial charge in [-0.1, -0.05) is 41.7 Å². The summed E-state index contributed by atoms with van der Waals surface area (Å²) in [5.74, 6) is 1.03. The van der Waals surface area contributed by atoms with E-state index in [0.29, 0.717) is 22.2 Å². The Kier molecular flexibility index (Phi) is 5.23. The van der Waals surface area contributed by atoms with Crippen molar-refractivity contribution in [1.82, 2.24) is 10.1 Å². The van der Waals surface area contributed by atoms with E-state index in [-0.39, 0.29) is 18.3 Å². The first-order valence-electron chi connectivity index (χ1n) is 6.18. The van der Waals surface area contributed by atoms with Crippen LogP contribution in [0.3, 0.4) is 0 Å². The van der Waals surface area contributed by atoms with Crippen molar-refractivity contribution in [2.45, 2.75) is 32.5 Å². The van der Waals surface area contributed by atoms with Crippen molar-refractivity contribution in [2.24, 2.45) is 0 Å². The summed E-state index contributed by atoms with van der Waals surface area (Å²) in [6, 6.07) is 4.92. The Bertz CT molecular complexity index is 574. The zero-order valence-electron chi connectivity index (χ0n) is 10.8. The maximum atomic E-state index is 9.73. The van der Waals surface area contributed by atoms with E-state index in [1.807, 2.05) is 6.92 Å². The van der Waals surface area contributed by atoms with Gasteiger partial charge in [0.2, 0.25) is 0 Å². The molecule has 20 heavy (non-hydrogen) atoms. The van der Waals surface area contributed by atoms with Gasteiger partial charge in [0.25, 0.3) is 5.89 Å². The van der Waals surface area contributed by atoms with Gasteiger partial charge in [-0.3, -0.25) is 0 Å². The van der Waals surface area contributed by atoms with Crippen molar-refractivity contribution >= 4 is 23.2 Å². The van der Waals surface area contributed by atoms with Crippen molar-refractivity contribution in [3.8, 4) is 5.75 Å². The van der Waals surface area contributed by atoms with Crippen molar-refractivity contribution in [1.29, 1.82) is 0 Å².